The molecule has 3 aromatic heterocycles. The summed E-state index contributed by atoms with van der Waals surface area (Å²) in [6.45, 7) is 0. The van der Waals surface area contributed by atoms with Crippen LogP contribution in [0.3, 0.4) is 0 Å². The lowest BCUT2D eigenvalue weighted by molar-refractivity contribution is 0.102. The van der Waals surface area contributed by atoms with Crippen LogP contribution >= 0.6 is 22.7 Å². The quantitative estimate of drug-likeness (QED) is 0.283. The largest absolute Gasteiger partial charge is 0.313 e. The molecule has 0 unspecified atom stereocenters. The average molecular weight is 474 g/mol. The van der Waals surface area contributed by atoms with Crippen LogP contribution < -0.4 is 10.7 Å². The van der Waals surface area contributed by atoms with Gasteiger partial charge in [0, 0.05) is 20.9 Å². The number of hydrogen-bond acceptors (Lipinski definition) is 7. The van der Waals surface area contributed by atoms with Crippen molar-refractivity contribution in [3.05, 3.63) is 68.7 Å². The summed E-state index contributed by atoms with van der Waals surface area (Å²) in [5.41, 5.74) is 7.52. The molecule has 6 nitrogen and oxygen atoms in total. The van der Waals surface area contributed by atoms with Crippen LogP contribution in [0.25, 0.3) is 10.2 Å². The second-order valence-corrected chi connectivity index (χ2v) is 10.6. The summed E-state index contributed by atoms with van der Waals surface area (Å²) < 4.78 is 0. The monoisotopic (exact) mass is 473 g/mol. The highest BCUT2D eigenvalue weighted by molar-refractivity contribution is 7.19. The third-order valence-electron chi connectivity index (χ3n) is 6.34. The number of hydrazone groups is 1. The summed E-state index contributed by atoms with van der Waals surface area (Å²) in [6.07, 6.45) is 11.3. The van der Waals surface area contributed by atoms with Crippen molar-refractivity contribution in [2.75, 3.05) is 10.7 Å². The Morgan fingerprint density at radius 1 is 0.939 bits per heavy atom. The molecule has 0 radical (unpaired) electrons. The van der Waals surface area contributed by atoms with Gasteiger partial charge >= 0.3 is 0 Å². The van der Waals surface area contributed by atoms with Crippen LogP contribution in [0.5, 0.6) is 0 Å². The fourth-order valence-corrected chi connectivity index (χ4v) is 7.24. The second-order valence-electron chi connectivity index (χ2n) is 8.40. The summed E-state index contributed by atoms with van der Waals surface area (Å²) in [5.74, 6) is 0.665. The third kappa shape index (κ3) is 3.83. The van der Waals surface area contributed by atoms with E-state index >= 15 is 0 Å². The van der Waals surface area contributed by atoms with Gasteiger partial charge in [-0.25, -0.2) is 9.97 Å². The number of nitrogens with one attached hydrogen (secondary N) is 2. The summed E-state index contributed by atoms with van der Waals surface area (Å²) >= 11 is 3.45. The first-order chi connectivity index (χ1) is 16.3. The summed E-state index contributed by atoms with van der Waals surface area (Å²) in [5, 5.41) is 9.69. The van der Waals surface area contributed by atoms with Crippen LogP contribution in [-0.2, 0) is 25.7 Å². The van der Waals surface area contributed by atoms with Crippen LogP contribution in [-0.4, -0.2) is 22.1 Å². The normalized spacial score (nSPS) is 15.0. The Morgan fingerprint density at radius 3 is 2.64 bits per heavy atom. The lowest BCUT2D eigenvalue weighted by Gasteiger charge is -2.11. The molecule has 2 aliphatic carbocycles. The molecule has 0 fully saturated rings. The summed E-state index contributed by atoms with van der Waals surface area (Å²) in [7, 11) is 0. The van der Waals surface area contributed by atoms with E-state index < -0.39 is 0 Å². The van der Waals surface area contributed by atoms with Crippen LogP contribution in [0.2, 0.25) is 0 Å². The molecule has 2 N–H and O–H groups in total. The molecule has 0 saturated heterocycles. The van der Waals surface area contributed by atoms with E-state index in [-0.39, 0.29) is 5.91 Å². The zero-order valence-corrected chi connectivity index (χ0v) is 19.7. The predicted octanol–water partition coefficient (Wildman–Crippen LogP) is 5.82. The van der Waals surface area contributed by atoms with Crippen molar-refractivity contribution in [2.45, 2.75) is 44.9 Å². The maximum Gasteiger partial charge on any atom is 0.256 e. The molecular formula is C25H23N5OS2. The van der Waals surface area contributed by atoms with E-state index in [1.807, 2.05) is 36.5 Å². The predicted molar refractivity (Wildman–Crippen MR) is 136 cm³/mol. The Balaban J connectivity index is 1.30. The van der Waals surface area contributed by atoms with Gasteiger partial charge < -0.3 is 5.32 Å². The fourth-order valence-electron chi connectivity index (χ4n) is 4.76. The maximum atomic E-state index is 12.8. The van der Waals surface area contributed by atoms with Crippen molar-refractivity contribution in [3.63, 3.8) is 0 Å². The number of carbonyl (C=O) groups is 1. The van der Waals surface area contributed by atoms with E-state index in [0.29, 0.717) is 5.56 Å². The van der Waals surface area contributed by atoms with Crippen molar-refractivity contribution in [3.8, 4) is 0 Å². The van der Waals surface area contributed by atoms with Crippen LogP contribution in [0, 0.1) is 0 Å². The van der Waals surface area contributed by atoms with Gasteiger partial charge in [-0.05, 0) is 68.2 Å². The van der Waals surface area contributed by atoms with Crippen molar-refractivity contribution >= 4 is 55.8 Å². The Morgan fingerprint density at radius 2 is 1.73 bits per heavy atom. The lowest BCUT2D eigenvalue weighted by Crippen LogP contribution is -2.12. The van der Waals surface area contributed by atoms with Gasteiger partial charge in [-0.2, -0.15) is 5.10 Å². The highest BCUT2D eigenvalue weighted by Crippen LogP contribution is 2.40. The zero-order chi connectivity index (χ0) is 22.2. The zero-order valence-electron chi connectivity index (χ0n) is 18.1. The molecule has 1 aromatic carbocycles. The number of amides is 1. The number of benzene rings is 1. The average Bonchev–Trinajstić information content (AvgIpc) is 3.53. The number of aryl methyl sites for hydroxylation is 3. The molecular weight excluding hydrogens is 450 g/mol. The molecule has 0 aliphatic heterocycles. The minimum Gasteiger partial charge on any atom is -0.313 e. The van der Waals surface area contributed by atoms with Crippen molar-refractivity contribution in [1.82, 2.24) is 9.97 Å². The van der Waals surface area contributed by atoms with E-state index in [4.69, 9.17) is 0 Å². The molecule has 2 aliphatic rings. The van der Waals surface area contributed by atoms with Crippen molar-refractivity contribution in [1.29, 1.82) is 0 Å². The highest BCUT2D eigenvalue weighted by Gasteiger charge is 2.23. The Bertz CT molecular complexity index is 1370. The van der Waals surface area contributed by atoms with E-state index in [1.54, 1.807) is 29.0 Å². The van der Waals surface area contributed by atoms with Gasteiger partial charge in [0.15, 0.2) is 5.82 Å². The maximum absolute atomic E-state index is 12.8. The van der Waals surface area contributed by atoms with Gasteiger partial charge in [-0.15, -0.1) is 22.7 Å². The first kappa shape index (κ1) is 20.5. The SMILES string of the molecule is O=C(Nc1sc2c(c1/C=N/Nc1ncnc3sc4c(c13)CCC4)CCCC2)c1ccccc1. The summed E-state index contributed by atoms with van der Waals surface area (Å²) in [4.78, 5) is 25.6. The van der Waals surface area contributed by atoms with E-state index in [2.05, 4.69) is 25.8 Å². The van der Waals surface area contributed by atoms with Gasteiger partial charge in [0.1, 0.15) is 16.2 Å². The molecule has 33 heavy (non-hydrogen) atoms. The number of anilines is 2. The van der Waals surface area contributed by atoms with Crippen LogP contribution in [0.15, 0.2) is 41.8 Å². The first-order valence-corrected chi connectivity index (χ1v) is 13.0. The van der Waals surface area contributed by atoms with E-state index in [9.17, 15) is 4.79 Å². The molecule has 166 valence electrons. The van der Waals surface area contributed by atoms with Crippen LogP contribution in [0.4, 0.5) is 10.8 Å². The Hall–Kier alpha value is -3.10. The smallest absolute Gasteiger partial charge is 0.256 e. The lowest BCUT2D eigenvalue weighted by atomic mass is 9.96. The number of thiophene rings is 2. The van der Waals surface area contributed by atoms with Gasteiger partial charge in [-0.1, -0.05) is 18.2 Å². The van der Waals surface area contributed by atoms with Crippen LogP contribution in [0.1, 0.15) is 56.1 Å². The number of hydrogen-bond donors (Lipinski definition) is 2. The molecule has 0 bridgehead atoms. The van der Waals surface area contributed by atoms with E-state index in [1.165, 1.54) is 33.7 Å². The highest BCUT2D eigenvalue weighted by atomic mass is 32.1. The molecule has 3 heterocycles. The minimum absolute atomic E-state index is 0.0943. The van der Waals surface area contributed by atoms with Crippen molar-refractivity contribution in [2.24, 2.45) is 5.10 Å². The van der Waals surface area contributed by atoms with Gasteiger partial charge in [-0.3, -0.25) is 10.2 Å². The first-order valence-electron chi connectivity index (χ1n) is 11.3. The molecule has 0 spiro atoms. The Kier molecular flexibility index (Phi) is 5.39. The number of nitrogens with zero attached hydrogens (tertiary/aromatic N) is 3. The number of carbonyl (C=O) groups excluding carboxylic acids is 1. The fraction of sp³-hybridized carbons (Fsp3) is 0.280. The Labute approximate surface area is 199 Å². The number of aromatic nitrogens is 2. The number of rotatable bonds is 5. The second kappa shape index (κ2) is 8.68. The van der Waals surface area contributed by atoms with Crippen molar-refractivity contribution < 1.29 is 4.79 Å². The van der Waals surface area contributed by atoms with Gasteiger partial charge in [0.05, 0.1) is 11.6 Å². The standard InChI is InChI=1S/C25H23N5OS2/c31-23(15-7-2-1-3-8-15)29-24-18(16-9-4-5-11-19(16)32-24)13-28-30-22-21-17-10-6-12-20(17)33-25(21)27-14-26-22/h1-3,7-8,13-14H,4-6,9-12H2,(H,29,31)(H,26,27,30)/b28-13+. The molecule has 4 aromatic rings. The molecule has 8 heteroatoms. The summed E-state index contributed by atoms with van der Waals surface area (Å²) in [6, 6.07) is 9.33. The van der Waals surface area contributed by atoms with Gasteiger partial charge in [0.2, 0.25) is 0 Å². The number of fused-ring (bicyclic) bond motifs is 4. The van der Waals surface area contributed by atoms with E-state index in [0.717, 1.165) is 58.7 Å². The molecule has 1 amide bonds. The molecule has 0 saturated carbocycles. The molecule has 0 atom stereocenters. The molecule has 6 rings (SSSR count). The van der Waals surface area contributed by atoms with Gasteiger partial charge in [0.25, 0.3) is 5.91 Å². The minimum atomic E-state index is -0.0943. The third-order valence-corrected chi connectivity index (χ3v) is 8.76. The topological polar surface area (TPSA) is 79.3 Å².